The van der Waals surface area contributed by atoms with E-state index in [0.29, 0.717) is 24.4 Å². The molecule has 3 aromatic rings. The second-order valence-corrected chi connectivity index (χ2v) is 10.4. The van der Waals surface area contributed by atoms with Crippen molar-refractivity contribution in [3.8, 4) is 0 Å². The van der Waals surface area contributed by atoms with Crippen molar-refractivity contribution in [3.63, 3.8) is 0 Å². The topological polar surface area (TPSA) is 82.3 Å². The molecule has 0 spiro atoms. The fraction of sp³-hybridized carbons (Fsp3) is 0.318. The van der Waals surface area contributed by atoms with Crippen LogP contribution in [0.4, 0.5) is 0 Å². The van der Waals surface area contributed by atoms with Crippen LogP contribution >= 0.6 is 23.2 Å². The number of aromatic nitrogens is 1. The number of hydrogen-bond donors (Lipinski definition) is 2. The molecule has 1 aliphatic rings. The van der Waals surface area contributed by atoms with Crippen LogP contribution < -0.4 is 5.32 Å². The van der Waals surface area contributed by atoms with Gasteiger partial charge in [0.1, 0.15) is 4.90 Å². The lowest BCUT2D eigenvalue weighted by Gasteiger charge is -2.30. The largest absolute Gasteiger partial charge is 0.361 e. The van der Waals surface area contributed by atoms with Crippen molar-refractivity contribution < 1.29 is 13.2 Å². The van der Waals surface area contributed by atoms with Gasteiger partial charge in [-0.1, -0.05) is 41.4 Å². The van der Waals surface area contributed by atoms with Gasteiger partial charge in [0.25, 0.3) is 0 Å². The van der Waals surface area contributed by atoms with Crippen LogP contribution in [-0.2, 0) is 21.2 Å². The number of carbonyl (C=O) groups excluding carboxylic acids is 1. The fourth-order valence-corrected chi connectivity index (χ4v) is 6.18. The molecule has 0 radical (unpaired) electrons. The molecule has 9 heteroatoms. The number of nitrogens with zero attached hydrogens (tertiary/aromatic N) is 1. The maximum absolute atomic E-state index is 12.9. The number of halogens is 2. The zero-order chi connectivity index (χ0) is 22.0. The van der Waals surface area contributed by atoms with E-state index in [1.807, 2.05) is 24.4 Å². The van der Waals surface area contributed by atoms with Gasteiger partial charge in [-0.15, -0.1) is 0 Å². The summed E-state index contributed by atoms with van der Waals surface area (Å²) >= 11 is 12.0. The molecule has 2 aromatic carbocycles. The van der Waals surface area contributed by atoms with Gasteiger partial charge >= 0.3 is 0 Å². The molecular formula is C22H23Cl2N3O3S. The molecule has 1 aromatic heterocycles. The summed E-state index contributed by atoms with van der Waals surface area (Å²) < 4.78 is 27.2. The predicted octanol–water partition coefficient (Wildman–Crippen LogP) is 4.23. The van der Waals surface area contributed by atoms with E-state index in [0.717, 1.165) is 22.9 Å². The Balaban J connectivity index is 1.31. The first-order valence-electron chi connectivity index (χ1n) is 10.1. The highest BCUT2D eigenvalue weighted by atomic mass is 35.5. The number of piperidine rings is 1. The van der Waals surface area contributed by atoms with Gasteiger partial charge in [-0.2, -0.15) is 4.31 Å². The van der Waals surface area contributed by atoms with Crippen molar-refractivity contribution in [2.45, 2.75) is 24.2 Å². The third-order valence-electron chi connectivity index (χ3n) is 5.70. The Morgan fingerprint density at radius 2 is 1.87 bits per heavy atom. The Labute approximate surface area is 191 Å². The number of nitrogens with one attached hydrogen (secondary N) is 2. The Bertz CT molecular complexity index is 1200. The number of sulfonamides is 1. The first kappa shape index (κ1) is 22.1. The second kappa shape index (κ2) is 9.20. The molecule has 164 valence electrons. The zero-order valence-electron chi connectivity index (χ0n) is 16.8. The summed E-state index contributed by atoms with van der Waals surface area (Å²) in [6, 6.07) is 12.5. The Kier molecular flexibility index (Phi) is 6.57. The number of H-pyrrole nitrogens is 1. The van der Waals surface area contributed by atoms with Gasteiger partial charge in [0, 0.05) is 47.7 Å². The minimum Gasteiger partial charge on any atom is -0.361 e. The molecule has 1 aliphatic heterocycles. The highest BCUT2D eigenvalue weighted by Crippen LogP contribution is 2.30. The van der Waals surface area contributed by atoms with Gasteiger partial charge in [-0.3, -0.25) is 4.79 Å². The van der Waals surface area contributed by atoms with Crippen molar-refractivity contribution in [3.05, 3.63) is 64.3 Å². The predicted molar refractivity (Wildman–Crippen MR) is 123 cm³/mol. The van der Waals surface area contributed by atoms with E-state index in [1.54, 1.807) is 6.07 Å². The molecular weight excluding hydrogens is 457 g/mol. The third-order valence-corrected chi connectivity index (χ3v) is 8.32. The van der Waals surface area contributed by atoms with Crippen LogP contribution in [0.25, 0.3) is 10.9 Å². The van der Waals surface area contributed by atoms with Crippen molar-refractivity contribution in [2.75, 3.05) is 19.6 Å². The average Bonchev–Trinajstić information content (AvgIpc) is 3.18. The highest BCUT2D eigenvalue weighted by Gasteiger charge is 2.33. The maximum Gasteiger partial charge on any atom is 0.244 e. The molecule has 2 N–H and O–H groups in total. The molecule has 1 amide bonds. The monoisotopic (exact) mass is 479 g/mol. The maximum atomic E-state index is 12.9. The lowest BCUT2D eigenvalue weighted by Crippen LogP contribution is -2.43. The first-order valence-corrected chi connectivity index (χ1v) is 12.3. The summed E-state index contributed by atoms with van der Waals surface area (Å²) in [5.74, 6) is -0.234. The van der Waals surface area contributed by atoms with Crippen LogP contribution in [0, 0.1) is 5.92 Å². The normalized spacial score (nSPS) is 15.9. The van der Waals surface area contributed by atoms with Crippen LogP contribution in [0.3, 0.4) is 0 Å². The Morgan fingerprint density at radius 1 is 1.13 bits per heavy atom. The van der Waals surface area contributed by atoms with Crippen LogP contribution in [0.2, 0.25) is 10.0 Å². The summed E-state index contributed by atoms with van der Waals surface area (Å²) in [7, 11) is -3.75. The number of amides is 1. The molecule has 31 heavy (non-hydrogen) atoms. The van der Waals surface area contributed by atoms with Gasteiger partial charge in [-0.25, -0.2) is 8.42 Å². The number of carbonyl (C=O) groups is 1. The van der Waals surface area contributed by atoms with E-state index in [9.17, 15) is 13.2 Å². The summed E-state index contributed by atoms with van der Waals surface area (Å²) in [6.07, 6.45) is 3.64. The second-order valence-electron chi connectivity index (χ2n) is 7.65. The van der Waals surface area contributed by atoms with Crippen molar-refractivity contribution in [1.82, 2.24) is 14.6 Å². The number of fused-ring (bicyclic) bond motifs is 1. The summed E-state index contributed by atoms with van der Waals surface area (Å²) in [6.45, 7) is 1.08. The number of para-hydroxylation sites is 1. The molecule has 1 saturated heterocycles. The molecule has 4 rings (SSSR count). The minimum atomic E-state index is -3.75. The number of aromatic amines is 1. The van der Waals surface area contributed by atoms with Crippen molar-refractivity contribution in [2.24, 2.45) is 5.92 Å². The average molecular weight is 480 g/mol. The van der Waals surface area contributed by atoms with Crippen LogP contribution in [0.5, 0.6) is 0 Å². The van der Waals surface area contributed by atoms with E-state index >= 15 is 0 Å². The smallest absolute Gasteiger partial charge is 0.244 e. The summed E-state index contributed by atoms with van der Waals surface area (Å²) in [4.78, 5) is 15.8. The van der Waals surface area contributed by atoms with Crippen LogP contribution in [0.15, 0.2) is 53.6 Å². The zero-order valence-corrected chi connectivity index (χ0v) is 19.1. The quantitative estimate of drug-likeness (QED) is 0.554. The minimum absolute atomic E-state index is 0.00305. The lowest BCUT2D eigenvalue weighted by molar-refractivity contribution is -0.126. The number of hydrogen-bond acceptors (Lipinski definition) is 3. The molecule has 1 fully saturated rings. The number of rotatable bonds is 6. The van der Waals surface area contributed by atoms with E-state index in [-0.39, 0.29) is 34.8 Å². The molecule has 0 saturated carbocycles. The van der Waals surface area contributed by atoms with Gasteiger partial charge in [0.2, 0.25) is 15.9 Å². The standard InChI is InChI=1S/C22H23Cl2N3O3S/c23-17-5-6-19(24)21(13-17)31(29,30)27-11-8-15(9-12-27)22(28)25-10-7-16-14-26-20-4-2-1-3-18(16)20/h1-6,13-15,26H,7-12H2,(H,25,28). The SMILES string of the molecule is O=C(NCCc1c[nH]c2ccccc12)C1CCN(S(=O)(=O)c2cc(Cl)ccc2Cl)CC1. The first-order chi connectivity index (χ1) is 14.9. The molecule has 6 nitrogen and oxygen atoms in total. The van der Waals surface area contributed by atoms with E-state index in [2.05, 4.69) is 16.4 Å². The van der Waals surface area contributed by atoms with Crippen LogP contribution in [0.1, 0.15) is 18.4 Å². The van der Waals surface area contributed by atoms with Gasteiger partial charge in [0.05, 0.1) is 5.02 Å². The van der Waals surface area contributed by atoms with Gasteiger partial charge < -0.3 is 10.3 Å². The van der Waals surface area contributed by atoms with E-state index in [1.165, 1.54) is 16.4 Å². The molecule has 0 aliphatic carbocycles. The van der Waals surface area contributed by atoms with Crippen molar-refractivity contribution in [1.29, 1.82) is 0 Å². The molecule has 2 heterocycles. The summed E-state index contributed by atoms with van der Waals surface area (Å²) in [5.41, 5.74) is 2.24. The van der Waals surface area contributed by atoms with E-state index in [4.69, 9.17) is 23.2 Å². The Hall–Kier alpha value is -2.06. The molecule has 0 bridgehead atoms. The van der Waals surface area contributed by atoms with Crippen molar-refractivity contribution >= 4 is 50.0 Å². The highest BCUT2D eigenvalue weighted by molar-refractivity contribution is 7.89. The van der Waals surface area contributed by atoms with E-state index < -0.39 is 10.0 Å². The van der Waals surface area contributed by atoms with Gasteiger partial charge in [-0.05, 0) is 49.1 Å². The fourth-order valence-electron chi connectivity index (χ4n) is 3.98. The molecule has 0 unspecified atom stereocenters. The van der Waals surface area contributed by atoms with Crippen LogP contribution in [-0.4, -0.2) is 43.2 Å². The Morgan fingerprint density at radius 3 is 2.65 bits per heavy atom. The summed E-state index contributed by atoms with van der Waals surface area (Å²) in [5, 5.41) is 4.61. The number of benzene rings is 2. The van der Waals surface area contributed by atoms with Gasteiger partial charge in [0.15, 0.2) is 0 Å². The lowest BCUT2D eigenvalue weighted by atomic mass is 9.97. The molecule has 0 atom stereocenters. The third kappa shape index (κ3) is 4.75.